The molecule has 0 unspecified atom stereocenters. The minimum Gasteiger partial charge on any atom is -0.451 e. The highest BCUT2D eigenvalue weighted by molar-refractivity contribution is 9.10. The molecule has 1 N–H and O–H groups in total. The number of halogens is 1. The van der Waals surface area contributed by atoms with E-state index in [9.17, 15) is 9.90 Å². The zero-order chi connectivity index (χ0) is 15.2. The summed E-state index contributed by atoms with van der Waals surface area (Å²) in [4.78, 5) is 14.2. The third kappa shape index (κ3) is 2.49. The summed E-state index contributed by atoms with van der Waals surface area (Å²) < 4.78 is 6.66. The number of furan rings is 1. The first-order valence-corrected chi connectivity index (χ1v) is 7.93. The Morgan fingerprint density at radius 1 is 1.48 bits per heavy atom. The lowest BCUT2D eigenvalue weighted by Crippen LogP contribution is -2.63. The average molecular weight is 352 g/mol. The fraction of sp³-hybridized carbons (Fsp3) is 0.438. The van der Waals surface area contributed by atoms with Gasteiger partial charge in [0.15, 0.2) is 5.76 Å². The summed E-state index contributed by atoms with van der Waals surface area (Å²) in [5.74, 6) is 0.238. The number of hydrogen-bond donors (Lipinski definition) is 1. The molecule has 1 fully saturated rings. The number of carbonyl (C=O) groups is 1. The number of rotatable bonds is 3. The predicted molar refractivity (Wildman–Crippen MR) is 84.4 cm³/mol. The second kappa shape index (κ2) is 5.14. The second-order valence-electron chi connectivity index (χ2n) is 5.83. The van der Waals surface area contributed by atoms with Gasteiger partial charge in [0.1, 0.15) is 5.58 Å². The van der Waals surface area contributed by atoms with Crippen molar-refractivity contribution in [2.75, 3.05) is 13.1 Å². The first-order valence-electron chi connectivity index (χ1n) is 7.14. The molecule has 5 heteroatoms. The van der Waals surface area contributed by atoms with E-state index in [-0.39, 0.29) is 5.91 Å². The molecule has 1 aromatic carbocycles. The molecule has 0 aliphatic carbocycles. The Morgan fingerprint density at radius 2 is 2.19 bits per heavy atom. The maximum absolute atomic E-state index is 12.5. The maximum Gasteiger partial charge on any atom is 0.290 e. The van der Waals surface area contributed by atoms with E-state index in [1.807, 2.05) is 32.0 Å². The Balaban J connectivity index is 1.85. The number of carbonyl (C=O) groups excluding carboxylic acids is 1. The molecular weight excluding hydrogens is 334 g/mol. The van der Waals surface area contributed by atoms with Crippen LogP contribution in [-0.2, 0) is 0 Å². The van der Waals surface area contributed by atoms with Crippen LogP contribution in [0.4, 0.5) is 0 Å². The number of nitrogens with zero attached hydrogens (tertiary/aromatic N) is 1. The Labute approximate surface area is 131 Å². The highest BCUT2D eigenvalue weighted by Gasteiger charge is 2.44. The first kappa shape index (κ1) is 14.6. The van der Waals surface area contributed by atoms with Crippen molar-refractivity contribution in [2.24, 2.45) is 0 Å². The Hall–Kier alpha value is -1.33. The lowest BCUT2D eigenvalue weighted by Gasteiger charge is -2.46. The zero-order valence-electron chi connectivity index (χ0n) is 12.1. The van der Waals surface area contributed by atoms with Gasteiger partial charge in [0.05, 0.1) is 18.7 Å². The van der Waals surface area contributed by atoms with Gasteiger partial charge in [-0.15, -0.1) is 0 Å². The Kier molecular flexibility index (Phi) is 3.58. The van der Waals surface area contributed by atoms with Crippen LogP contribution >= 0.6 is 15.9 Å². The van der Waals surface area contributed by atoms with E-state index in [1.165, 1.54) is 0 Å². The molecule has 0 radical (unpaired) electrons. The summed E-state index contributed by atoms with van der Waals surface area (Å²) in [6.07, 6.45) is 1.64. The summed E-state index contributed by atoms with van der Waals surface area (Å²) in [7, 11) is 0. The number of β-amino-alcohol motifs (C(OH)–C–C–N with tert-alkyl or cyclic N) is 1. The summed E-state index contributed by atoms with van der Waals surface area (Å²) in [5, 5.41) is 11.1. The van der Waals surface area contributed by atoms with Crippen LogP contribution in [0, 0.1) is 6.92 Å². The normalized spacial score (nSPS) is 17.0. The van der Waals surface area contributed by atoms with Gasteiger partial charge < -0.3 is 14.4 Å². The lowest BCUT2D eigenvalue weighted by atomic mass is 9.89. The minimum absolute atomic E-state index is 0.138. The van der Waals surface area contributed by atoms with Gasteiger partial charge >= 0.3 is 0 Å². The van der Waals surface area contributed by atoms with Crippen molar-refractivity contribution in [3.8, 4) is 0 Å². The van der Waals surface area contributed by atoms with E-state index in [2.05, 4.69) is 15.9 Å². The number of aryl methyl sites for hydroxylation is 1. The highest BCUT2D eigenvalue weighted by Crippen LogP contribution is 2.32. The van der Waals surface area contributed by atoms with Crippen molar-refractivity contribution in [1.29, 1.82) is 0 Å². The topological polar surface area (TPSA) is 53.7 Å². The van der Waals surface area contributed by atoms with Crippen molar-refractivity contribution >= 4 is 32.8 Å². The van der Waals surface area contributed by atoms with E-state index in [0.29, 0.717) is 24.4 Å². The third-order valence-corrected chi connectivity index (χ3v) is 4.56. The molecule has 2 heterocycles. The van der Waals surface area contributed by atoms with E-state index in [4.69, 9.17) is 4.42 Å². The van der Waals surface area contributed by atoms with Crippen molar-refractivity contribution < 1.29 is 14.3 Å². The van der Waals surface area contributed by atoms with Gasteiger partial charge in [-0.3, -0.25) is 4.79 Å². The fourth-order valence-electron chi connectivity index (χ4n) is 2.97. The van der Waals surface area contributed by atoms with Gasteiger partial charge in [-0.25, -0.2) is 0 Å². The molecule has 0 bridgehead atoms. The van der Waals surface area contributed by atoms with E-state index < -0.39 is 5.60 Å². The number of amides is 1. The molecule has 0 saturated carbocycles. The van der Waals surface area contributed by atoms with E-state index in [0.717, 1.165) is 28.3 Å². The van der Waals surface area contributed by atoms with E-state index >= 15 is 0 Å². The standard InChI is InChI=1S/C16H18BrNO3/c1-3-6-16(20)8-18(9-16)15(19)14-10(2)12-7-11(17)4-5-13(12)21-14/h4-5,7,20H,3,6,8-9H2,1-2H3. The van der Waals surface area contributed by atoms with Crippen LogP contribution in [0.5, 0.6) is 0 Å². The fourth-order valence-corrected chi connectivity index (χ4v) is 3.33. The van der Waals surface area contributed by atoms with Crippen LogP contribution in [0.3, 0.4) is 0 Å². The molecule has 1 aliphatic rings. The molecule has 2 aromatic rings. The zero-order valence-corrected chi connectivity index (χ0v) is 13.7. The first-order chi connectivity index (χ1) is 9.93. The second-order valence-corrected chi connectivity index (χ2v) is 6.75. The number of benzene rings is 1. The summed E-state index contributed by atoms with van der Waals surface area (Å²) >= 11 is 3.43. The van der Waals surface area contributed by atoms with Crippen molar-refractivity contribution in [3.63, 3.8) is 0 Å². The summed E-state index contributed by atoms with van der Waals surface area (Å²) in [5.41, 5.74) is 0.846. The van der Waals surface area contributed by atoms with Gasteiger partial charge in [0.2, 0.25) is 0 Å². The van der Waals surface area contributed by atoms with Crippen LogP contribution in [0.15, 0.2) is 27.1 Å². The minimum atomic E-state index is -0.715. The van der Waals surface area contributed by atoms with E-state index in [1.54, 1.807) is 4.90 Å². The lowest BCUT2D eigenvalue weighted by molar-refractivity contribution is -0.0867. The molecule has 21 heavy (non-hydrogen) atoms. The van der Waals surface area contributed by atoms with Crippen LogP contribution in [0.1, 0.15) is 35.9 Å². The average Bonchev–Trinajstić information content (AvgIpc) is 2.73. The summed E-state index contributed by atoms with van der Waals surface area (Å²) in [6.45, 7) is 4.70. The maximum atomic E-state index is 12.5. The van der Waals surface area contributed by atoms with Crippen molar-refractivity contribution in [3.05, 3.63) is 34.0 Å². The summed E-state index contributed by atoms with van der Waals surface area (Å²) in [6, 6.07) is 5.70. The quantitative estimate of drug-likeness (QED) is 0.920. The van der Waals surface area contributed by atoms with Crippen LogP contribution in [0.25, 0.3) is 11.0 Å². The molecule has 0 atom stereocenters. The number of fused-ring (bicyclic) bond motifs is 1. The van der Waals surface area contributed by atoms with Crippen LogP contribution in [0.2, 0.25) is 0 Å². The number of hydrogen-bond acceptors (Lipinski definition) is 3. The van der Waals surface area contributed by atoms with Gasteiger partial charge in [0, 0.05) is 15.4 Å². The molecule has 1 saturated heterocycles. The molecule has 0 spiro atoms. The molecular formula is C16H18BrNO3. The molecule has 3 rings (SSSR count). The third-order valence-electron chi connectivity index (χ3n) is 4.07. The molecule has 112 valence electrons. The highest BCUT2D eigenvalue weighted by atomic mass is 79.9. The Morgan fingerprint density at radius 3 is 2.86 bits per heavy atom. The van der Waals surface area contributed by atoms with Gasteiger partial charge in [-0.2, -0.15) is 0 Å². The smallest absolute Gasteiger partial charge is 0.290 e. The molecule has 1 aromatic heterocycles. The van der Waals surface area contributed by atoms with Crippen LogP contribution in [-0.4, -0.2) is 34.6 Å². The largest absolute Gasteiger partial charge is 0.451 e. The van der Waals surface area contributed by atoms with Crippen molar-refractivity contribution in [1.82, 2.24) is 4.90 Å². The molecule has 4 nitrogen and oxygen atoms in total. The Bertz CT molecular complexity index is 701. The van der Waals surface area contributed by atoms with Crippen molar-refractivity contribution in [2.45, 2.75) is 32.3 Å². The number of aliphatic hydroxyl groups is 1. The van der Waals surface area contributed by atoms with Gasteiger partial charge in [0.25, 0.3) is 5.91 Å². The molecule has 1 amide bonds. The van der Waals surface area contributed by atoms with Gasteiger partial charge in [-0.05, 0) is 31.5 Å². The number of likely N-dealkylation sites (tertiary alicyclic amines) is 1. The SMILES string of the molecule is CCCC1(O)CN(C(=O)c2oc3ccc(Br)cc3c2C)C1. The predicted octanol–water partition coefficient (Wildman–Crippen LogP) is 3.49. The molecule has 1 aliphatic heterocycles. The monoisotopic (exact) mass is 351 g/mol. The van der Waals surface area contributed by atoms with Gasteiger partial charge in [-0.1, -0.05) is 29.3 Å². The van der Waals surface area contributed by atoms with Crippen LogP contribution < -0.4 is 0 Å².